The molecule has 7 heteroatoms. The van der Waals surface area contributed by atoms with Gasteiger partial charge in [0.2, 0.25) is 5.54 Å². The quantitative estimate of drug-likeness (QED) is 0.531. The summed E-state index contributed by atoms with van der Waals surface area (Å²) in [5.74, 6) is -3.26. The molecule has 0 bridgehead atoms. The Morgan fingerprint density at radius 1 is 1.22 bits per heavy atom. The van der Waals surface area contributed by atoms with Crippen LogP contribution in [0.15, 0.2) is 0 Å². The van der Waals surface area contributed by atoms with Crippen LogP contribution in [0.5, 0.6) is 0 Å². The highest BCUT2D eigenvalue weighted by molar-refractivity contribution is 6.04. The molecule has 0 spiro atoms. The summed E-state index contributed by atoms with van der Waals surface area (Å²) in [4.78, 5) is 33.8. The van der Waals surface area contributed by atoms with Crippen molar-refractivity contribution in [2.45, 2.75) is 44.8 Å². The van der Waals surface area contributed by atoms with Gasteiger partial charge in [-0.2, -0.15) is 0 Å². The van der Waals surface area contributed by atoms with Crippen molar-refractivity contribution in [3.63, 3.8) is 0 Å². The van der Waals surface area contributed by atoms with E-state index in [4.69, 9.17) is 15.6 Å². The zero-order chi connectivity index (χ0) is 14.6. The molecule has 1 atom stereocenters. The van der Waals surface area contributed by atoms with Gasteiger partial charge in [-0.05, 0) is 27.2 Å². The zero-order valence-electron chi connectivity index (χ0n) is 11.0. The number of carbonyl (C=O) groups is 3. The molecule has 0 amide bonds. The second-order valence-corrected chi connectivity index (χ2v) is 4.85. The predicted octanol–water partition coefficient (Wildman–Crippen LogP) is 0.0634. The van der Waals surface area contributed by atoms with Gasteiger partial charge in [-0.1, -0.05) is 0 Å². The number of esters is 2. The molecule has 7 nitrogen and oxygen atoms in total. The molecule has 0 aliphatic rings. The molecule has 1 unspecified atom stereocenters. The Balaban J connectivity index is 4.87. The van der Waals surface area contributed by atoms with E-state index in [1.807, 2.05) is 0 Å². The van der Waals surface area contributed by atoms with Crippen LogP contribution in [0.4, 0.5) is 0 Å². The van der Waals surface area contributed by atoms with E-state index in [-0.39, 0.29) is 12.8 Å². The van der Waals surface area contributed by atoms with Crippen LogP contribution in [0, 0.1) is 0 Å². The number of rotatable bonds is 5. The summed E-state index contributed by atoms with van der Waals surface area (Å²) in [5.41, 5.74) is 2.41. The maximum Gasteiger partial charge on any atom is 0.338 e. The summed E-state index contributed by atoms with van der Waals surface area (Å²) < 4.78 is 9.30. The minimum Gasteiger partial charge on any atom is -0.479 e. The molecule has 0 saturated carbocycles. The Bertz CT molecular complexity index is 346. The SMILES string of the molecule is COC(=O)CCC(N)(C(=O)O)C(=O)OC(C)(C)C. The van der Waals surface area contributed by atoms with E-state index in [9.17, 15) is 14.4 Å². The number of nitrogens with two attached hydrogens (primary N) is 1. The van der Waals surface area contributed by atoms with Gasteiger partial charge in [-0.3, -0.25) is 4.79 Å². The molecule has 0 aliphatic carbocycles. The van der Waals surface area contributed by atoms with E-state index in [0.29, 0.717) is 0 Å². The van der Waals surface area contributed by atoms with Gasteiger partial charge >= 0.3 is 17.9 Å². The molecular formula is C11H19NO6. The van der Waals surface area contributed by atoms with Crippen LogP contribution in [0.25, 0.3) is 0 Å². The highest BCUT2D eigenvalue weighted by Crippen LogP contribution is 2.18. The lowest BCUT2D eigenvalue weighted by Gasteiger charge is -2.27. The van der Waals surface area contributed by atoms with Gasteiger partial charge in [0.1, 0.15) is 5.60 Å². The van der Waals surface area contributed by atoms with Crippen LogP contribution in [0.2, 0.25) is 0 Å². The number of aliphatic carboxylic acids is 1. The molecule has 0 heterocycles. The molecule has 0 aromatic carbocycles. The van der Waals surface area contributed by atoms with Crippen LogP contribution in [-0.4, -0.2) is 41.3 Å². The van der Waals surface area contributed by atoms with E-state index < -0.39 is 29.0 Å². The fourth-order valence-corrected chi connectivity index (χ4v) is 1.07. The van der Waals surface area contributed by atoms with Crippen LogP contribution < -0.4 is 5.73 Å². The van der Waals surface area contributed by atoms with Crippen molar-refractivity contribution in [2.75, 3.05) is 7.11 Å². The summed E-state index contributed by atoms with van der Waals surface area (Å²) in [6, 6.07) is 0. The Morgan fingerprint density at radius 3 is 2.06 bits per heavy atom. The minimum absolute atomic E-state index is 0.279. The van der Waals surface area contributed by atoms with E-state index in [1.165, 1.54) is 0 Å². The Hall–Kier alpha value is -1.63. The van der Waals surface area contributed by atoms with Crippen LogP contribution in [0.1, 0.15) is 33.6 Å². The minimum atomic E-state index is -2.25. The Morgan fingerprint density at radius 2 is 1.72 bits per heavy atom. The van der Waals surface area contributed by atoms with Crippen molar-refractivity contribution >= 4 is 17.9 Å². The fourth-order valence-electron chi connectivity index (χ4n) is 1.07. The maximum absolute atomic E-state index is 11.7. The lowest BCUT2D eigenvalue weighted by molar-refractivity contribution is -0.169. The number of hydrogen-bond donors (Lipinski definition) is 2. The normalized spacial score (nSPS) is 14.5. The standard InChI is InChI=1S/C11H19NO6/c1-10(2,3)18-9(16)11(12,8(14)15)6-5-7(13)17-4/h5-6,12H2,1-4H3,(H,14,15). The topological polar surface area (TPSA) is 116 Å². The van der Waals surface area contributed by atoms with Crippen molar-refractivity contribution in [1.82, 2.24) is 0 Å². The molecular weight excluding hydrogens is 242 g/mol. The summed E-state index contributed by atoms with van der Waals surface area (Å²) in [7, 11) is 1.16. The molecule has 3 N–H and O–H groups in total. The average molecular weight is 261 g/mol. The number of carboxylic acids is 1. The van der Waals surface area contributed by atoms with E-state index in [2.05, 4.69) is 4.74 Å². The fraction of sp³-hybridized carbons (Fsp3) is 0.727. The highest BCUT2D eigenvalue weighted by atomic mass is 16.6. The zero-order valence-corrected chi connectivity index (χ0v) is 11.0. The van der Waals surface area contributed by atoms with E-state index in [1.54, 1.807) is 20.8 Å². The van der Waals surface area contributed by atoms with Crippen LogP contribution in [-0.2, 0) is 23.9 Å². The first-order valence-corrected chi connectivity index (χ1v) is 5.35. The summed E-state index contributed by atoms with van der Waals surface area (Å²) >= 11 is 0. The lowest BCUT2D eigenvalue weighted by atomic mass is 9.94. The van der Waals surface area contributed by atoms with Gasteiger partial charge in [-0.15, -0.1) is 0 Å². The van der Waals surface area contributed by atoms with Gasteiger partial charge in [0.15, 0.2) is 0 Å². The third kappa shape index (κ3) is 4.70. The van der Waals surface area contributed by atoms with Crippen molar-refractivity contribution in [2.24, 2.45) is 5.73 Å². The van der Waals surface area contributed by atoms with Crippen LogP contribution in [0.3, 0.4) is 0 Å². The Kier molecular flexibility index (Phi) is 5.29. The van der Waals surface area contributed by atoms with Crippen molar-refractivity contribution in [3.8, 4) is 0 Å². The number of carboxylic acid groups (broad SMARTS) is 1. The second kappa shape index (κ2) is 5.81. The lowest BCUT2D eigenvalue weighted by Crippen LogP contribution is -2.57. The molecule has 0 saturated heterocycles. The smallest absolute Gasteiger partial charge is 0.338 e. The van der Waals surface area contributed by atoms with E-state index in [0.717, 1.165) is 7.11 Å². The van der Waals surface area contributed by atoms with Gasteiger partial charge in [0.05, 0.1) is 7.11 Å². The van der Waals surface area contributed by atoms with E-state index >= 15 is 0 Å². The molecule has 0 aliphatic heterocycles. The van der Waals surface area contributed by atoms with Crippen LogP contribution >= 0.6 is 0 Å². The van der Waals surface area contributed by atoms with Gasteiger partial charge in [0.25, 0.3) is 0 Å². The van der Waals surface area contributed by atoms with Crippen molar-refractivity contribution in [1.29, 1.82) is 0 Å². The molecule has 0 rings (SSSR count). The number of ether oxygens (including phenoxy) is 2. The second-order valence-electron chi connectivity index (χ2n) is 4.85. The largest absolute Gasteiger partial charge is 0.479 e. The summed E-state index contributed by atoms with van der Waals surface area (Å²) in [5, 5.41) is 9.01. The number of carbonyl (C=O) groups excluding carboxylic acids is 2. The van der Waals surface area contributed by atoms with Gasteiger partial charge < -0.3 is 20.3 Å². The summed E-state index contributed by atoms with van der Waals surface area (Å²) in [6.45, 7) is 4.77. The number of hydrogen-bond acceptors (Lipinski definition) is 6. The van der Waals surface area contributed by atoms with Crippen molar-refractivity contribution < 1.29 is 29.0 Å². The van der Waals surface area contributed by atoms with Crippen molar-refractivity contribution in [3.05, 3.63) is 0 Å². The average Bonchev–Trinajstić information content (AvgIpc) is 2.22. The first kappa shape index (κ1) is 16.4. The first-order chi connectivity index (χ1) is 8.03. The monoisotopic (exact) mass is 261 g/mol. The molecule has 0 fully saturated rings. The first-order valence-electron chi connectivity index (χ1n) is 5.35. The van der Waals surface area contributed by atoms with Gasteiger partial charge in [0, 0.05) is 6.42 Å². The molecule has 0 radical (unpaired) electrons. The molecule has 18 heavy (non-hydrogen) atoms. The molecule has 0 aromatic rings. The highest BCUT2D eigenvalue weighted by Gasteiger charge is 2.45. The maximum atomic E-state index is 11.7. The summed E-state index contributed by atoms with van der Waals surface area (Å²) in [6.07, 6.45) is -0.664. The third-order valence-electron chi connectivity index (χ3n) is 2.10. The van der Waals surface area contributed by atoms with Gasteiger partial charge in [-0.25, -0.2) is 9.59 Å². The predicted molar refractivity (Wildman–Crippen MR) is 61.6 cm³/mol. The molecule has 104 valence electrons. The number of methoxy groups -OCH3 is 1. The third-order valence-corrected chi connectivity index (χ3v) is 2.10. The molecule has 0 aromatic heterocycles. The Labute approximate surface area is 105 Å².